The van der Waals surface area contributed by atoms with Gasteiger partial charge >= 0.3 is 0 Å². The fourth-order valence-corrected chi connectivity index (χ4v) is 5.82. The number of nitrogens with zero attached hydrogens (tertiary/aromatic N) is 4. The van der Waals surface area contributed by atoms with E-state index < -0.39 is 0 Å². The Morgan fingerprint density at radius 2 is 1.89 bits per heavy atom. The molecule has 1 saturated carbocycles. The van der Waals surface area contributed by atoms with Crippen molar-refractivity contribution in [1.29, 1.82) is 0 Å². The predicted molar refractivity (Wildman–Crippen MR) is 112 cm³/mol. The summed E-state index contributed by atoms with van der Waals surface area (Å²) in [6, 6.07) is 10.3. The Labute approximate surface area is 169 Å². The van der Waals surface area contributed by atoms with Gasteiger partial charge in [-0.1, -0.05) is 25.0 Å². The molecule has 0 bridgehead atoms. The maximum Gasteiger partial charge on any atom is 0.234 e. The van der Waals surface area contributed by atoms with E-state index >= 15 is 0 Å². The number of carbonyl (C=O) groups is 1. The fourth-order valence-electron chi connectivity index (χ4n) is 4.84. The zero-order valence-electron chi connectivity index (χ0n) is 16.1. The third kappa shape index (κ3) is 3.05. The molecule has 0 radical (unpaired) electrons. The lowest BCUT2D eigenvalue weighted by Crippen LogP contribution is -2.53. The van der Waals surface area contributed by atoms with E-state index in [4.69, 9.17) is 0 Å². The van der Waals surface area contributed by atoms with Crippen molar-refractivity contribution < 1.29 is 4.79 Å². The topological polar surface area (TPSA) is 40.9 Å². The smallest absolute Gasteiger partial charge is 0.234 e. The minimum atomic E-state index is -0.252. The molecule has 1 aliphatic heterocycles. The van der Waals surface area contributed by atoms with Crippen molar-refractivity contribution in [2.24, 2.45) is 0 Å². The number of hydrogen-bond donors (Lipinski definition) is 0. The summed E-state index contributed by atoms with van der Waals surface area (Å²) in [4.78, 5) is 23.8. The number of thiophene rings is 1. The second-order valence-electron chi connectivity index (χ2n) is 8.01. The molecule has 5 nitrogen and oxygen atoms in total. The van der Waals surface area contributed by atoms with Crippen LogP contribution in [0.5, 0.6) is 0 Å². The summed E-state index contributed by atoms with van der Waals surface area (Å²) >= 11 is 1.75. The zero-order valence-corrected chi connectivity index (χ0v) is 16.9. The minimum Gasteiger partial charge on any atom is -0.339 e. The van der Waals surface area contributed by atoms with Crippen LogP contribution in [-0.2, 0) is 16.8 Å². The van der Waals surface area contributed by atoms with Gasteiger partial charge in [0.2, 0.25) is 5.91 Å². The minimum absolute atomic E-state index is 0.252. The molecule has 0 spiro atoms. The van der Waals surface area contributed by atoms with Crippen LogP contribution in [0.25, 0.3) is 5.65 Å². The number of hydrogen-bond acceptors (Lipinski definition) is 4. The molecular weight excluding hydrogens is 368 g/mol. The van der Waals surface area contributed by atoms with E-state index in [-0.39, 0.29) is 5.41 Å². The Bertz CT molecular complexity index is 950. The van der Waals surface area contributed by atoms with Crippen LogP contribution in [0.2, 0.25) is 0 Å². The molecule has 3 aromatic rings. The first kappa shape index (κ1) is 17.9. The van der Waals surface area contributed by atoms with Crippen LogP contribution in [-0.4, -0.2) is 51.3 Å². The lowest BCUT2D eigenvalue weighted by Gasteiger charge is -2.39. The predicted octanol–water partition coefficient (Wildman–Crippen LogP) is 3.55. The Balaban J connectivity index is 1.26. The third-order valence-corrected chi connectivity index (χ3v) is 7.47. The average Bonchev–Trinajstić information content (AvgIpc) is 3.49. The molecule has 1 saturated heterocycles. The molecule has 0 atom stereocenters. The summed E-state index contributed by atoms with van der Waals surface area (Å²) in [5.41, 5.74) is 1.95. The van der Waals surface area contributed by atoms with Crippen molar-refractivity contribution in [3.8, 4) is 0 Å². The average molecular weight is 395 g/mol. The maximum absolute atomic E-state index is 13.5. The number of imidazole rings is 1. The number of amides is 1. The quantitative estimate of drug-likeness (QED) is 0.679. The summed E-state index contributed by atoms with van der Waals surface area (Å²) in [6.45, 7) is 4.37. The monoisotopic (exact) mass is 394 g/mol. The largest absolute Gasteiger partial charge is 0.339 e. The molecule has 6 heteroatoms. The van der Waals surface area contributed by atoms with E-state index in [1.807, 2.05) is 24.4 Å². The van der Waals surface area contributed by atoms with Crippen LogP contribution in [0.3, 0.4) is 0 Å². The van der Waals surface area contributed by atoms with Gasteiger partial charge in [0.05, 0.1) is 17.3 Å². The molecule has 146 valence electrons. The van der Waals surface area contributed by atoms with Gasteiger partial charge in [-0.15, -0.1) is 11.3 Å². The van der Waals surface area contributed by atoms with E-state index in [0.29, 0.717) is 5.91 Å². The van der Waals surface area contributed by atoms with Gasteiger partial charge in [0.1, 0.15) is 5.65 Å². The summed E-state index contributed by atoms with van der Waals surface area (Å²) in [5, 5.41) is 2.11. The molecule has 0 unspecified atom stereocenters. The highest BCUT2D eigenvalue weighted by molar-refractivity contribution is 7.10. The second kappa shape index (κ2) is 7.33. The van der Waals surface area contributed by atoms with Gasteiger partial charge < -0.3 is 9.30 Å². The van der Waals surface area contributed by atoms with Crippen molar-refractivity contribution in [2.45, 2.75) is 37.6 Å². The highest BCUT2D eigenvalue weighted by Crippen LogP contribution is 2.44. The molecule has 2 fully saturated rings. The summed E-state index contributed by atoms with van der Waals surface area (Å²) in [5.74, 6) is 0.363. The normalized spacial score (nSPS) is 20.1. The highest BCUT2D eigenvalue weighted by atomic mass is 32.1. The van der Waals surface area contributed by atoms with Gasteiger partial charge in [-0.2, -0.15) is 0 Å². The molecule has 4 heterocycles. The third-order valence-electron chi connectivity index (χ3n) is 6.40. The Kier molecular flexibility index (Phi) is 4.69. The van der Waals surface area contributed by atoms with Gasteiger partial charge in [0.25, 0.3) is 0 Å². The van der Waals surface area contributed by atoms with E-state index in [2.05, 4.69) is 42.9 Å². The molecule has 2 aliphatic rings. The van der Waals surface area contributed by atoms with Crippen LogP contribution in [0.15, 0.2) is 48.1 Å². The van der Waals surface area contributed by atoms with E-state index in [1.165, 1.54) is 10.6 Å². The standard InChI is InChI=1S/C22H26N4OS/c27-21(22(8-2-3-9-22)19-6-5-15-28-19)25-13-11-24(12-14-25)17-18-16-23-20-7-1-4-10-26(18)20/h1,4-7,10,15-16H,2-3,8-9,11-14,17H2. The van der Waals surface area contributed by atoms with Gasteiger partial charge in [0, 0.05) is 43.8 Å². The molecular formula is C22H26N4OS. The van der Waals surface area contributed by atoms with Crippen molar-refractivity contribution in [3.05, 3.63) is 58.7 Å². The molecule has 0 aromatic carbocycles. The molecule has 5 rings (SSSR count). The number of piperazine rings is 1. The van der Waals surface area contributed by atoms with Crippen LogP contribution in [0, 0.1) is 0 Å². The number of aromatic nitrogens is 2. The van der Waals surface area contributed by atoms with Gasteiger partial charge in [-0.3, -0.25) is 9.69 Å². The molecule has 1 amide bonds. The van der Waals surface area contributed by atoms with Crippen molar-refractivity contribution >= 4 is 22.9 Å². The van der Waals surface area contributed by atoms with E-state index in [0.717, 1.165) is 64.1 Å². The lowest BCUT2D eigenvalue weighted by atomic mass is 9.82. The van der Waals surface area contributed by atoms with Gasteiger partial charge in [-0.25, -0.2) is 4.98 Å². The van der Waals surface area contributed by atoms with E-state index in [9.17, 15) is 4.79 Å². The lowest BCUT2D eigenvalue weighted by molar-refractivity contribution is -0.139. The molecule has 3 aromatic heterocycles. The first-order valence-corrected chi connectivity index (χ1v) is 11.1. The second-order valence-corrected chi connectivity index (χ2v) is 8.96. The highest BCUT2D eigenvalue weighted by Gasteiger charge is 2.46. The number of pyridine rings is 1. The van der Waals surface area contributed by atoms with Crippen LogP contribution < -0.4 is 0 Å². The molecule has 0 N–H and O–H groups in total. The molecule has 1 aliphatic carbocycles. The van der Waals surface area contributed by atoms with Crippen LogP contribution in [0.1, 0.15) is 36.3 Å². The summed E-state index contributed by atoms with van der Waals surface area (Å²) < 4.78 is 2.15. The SMILES string of the molecule is O=C(N1CCN(Cc2cnc3ccccn23)CC1)C1(c2cccs2)CCCC1. The van der Waals surface area contributed by atoms with Gasteiger partial charge in [0.15, 0.2) is 0 Å². The first-order valence-electron chi connectivity index (χ1n) is 10.2. The van der Waals surface area contributed by atoms with Crippen LogP contribution >= 0.6 is 11.3 Å². The summed E-state index contributed by atoms with van der Waals surface area (Å²) in [6.07, 6.45) is 8.39. The first-order chi connectivity index (χ1) is 13.8. The number of fused-ring (bicyclic) bond motifs is 1. The fraction of sp³-hybridized carbons (Fsp3) is 0.455. The van der Waals surface area contributed by atoms with Gasteiger partial charge in [-0.05, 0) is 36.4 Å². The Hall–Kier alpha value is -2.18. The number of rotatable bonds is 4. The Morgan fingerprint density at radius 1 is 1.07 bits per heavy atom. The van der Waals surface area contributed by atoms with Crippen molar-refractivity contribution in [2.75, 3.05) is 26.2 Å². The zero-order chi connectivity index (χ0) is 19.0. The van der Waals surface area contributed by atoms with E-state index in [1.54, 1.807) is 11.3 Å². The molecule has 28 heavy (non-hydrogen) atoms. The summed E-state index contributed by atoms with van der Waals surface area (Å²) in [7, 11) is 0. The number of carbonyl (C=O) groups excluding carboxylic acids is 1. The van der Waals surface area contributed by atoms with Crippen LogP contribution in [0.4, 0.5) is 0 Å². The Morgan fingerprint density at radius 3 is 2.64 bits per heavy atom. The van der Waals surface area contributed by atoms with Crippen molar-refractivity contribution in [1.82, 2.24) is 19.2 Å². The van der Waals surface area contributed by atoms with Crippen molar-refractivity contribution in [3.63, 3.8) is 0 Å². The maximum atomic E-state index is 13.5.